The second-order valence-corrected chi connectivity index (χ2v) is 9.27. The Bertz CT molecular complexity index is 808. The lowest BCUT2D eigenvalue weighted by Gasteiger charge is -2.31. The van der Waals surface area contributed by atoms with Crippen LogP contribution >= 0.6 is 34.0 Å². The molecule has 1 aliphatic rings. The Kier molecular flexibility index (Phi) is 5.31. The first-order valence-electron chi connectivity index (χ1n) is 8.54. The number of fused-ring (bicyclic) bond motifs is 1. The van der Waals surface area contributed by atoms with E-state index in [2.05, 4.69) is 51.8 Å². The average molecular weight is 390 g/mol. The van der Waals surface area contributed by atoms with Crippen LogP contribution in [0.5, 0.6) is 0 Å². The SMILES string of the molecule is O=C(C[NH+]1CCc2sccc2[C@@H]1c1cccs1)NCCc1cccs1. The van der Waals surface area contributed by atoms with Gasteiger partial charge in [0.2, 0.25) is 0 Å². The van der Waals surface area contributed by atoms with Crippen molar-refractivity contribution in [2.75, 3.05) is 19.6 Å². The zero-order valence-electron chi connectivity index (χ0n) is 13.9. The second-order valence-electron chi connectivity index (χ2n) is 6.26. The van der Waals surface area contributed by atoms with Crippen LogP contribution in [-0.4, -0.2) is 25.5 Å². The summed E-state index contributed by atoms with van der Waals surface area (Å²) in [5, 5.41) is 9.51. The number of hydrogen-bond acceptors (Lipinski definition) is 4. The Morgan fingerprint density at radius 1 is 1.12 bits per heavy atom. The van der Waals surface area contributed by atoms with E-state index in [4.69, 9.17) is 0 Å². The van der Waals surface area contributed by atoms with E-state index in [1.807, 2.05) is 11.3 Å². The van der Waals surface area contributed by atoms with Gasteiger partial charge in [0.1, 0.15) is 6.04 Å². The molecule has 1 unspecified atom stereocenters. The molecule has 3 nitrogen and oxygen atoms in total. The van der Waals surface area contributed by atoms with Crippen LogP contribution in [0.15, 0.2) is 46.5 Å². The first kappa shape index (κ1) is 17.0. The van der Waals surface area contributed by atoms with E-state index < -0.39 is 0 Å². The first-order chi connectivity index (χ1) is 12.3. The molecule has 0 radical (unpaired) electrons. The minimum atomic E-state index is 0.159. The van der Waals surface area contributed by atoms with Crippen LogP contribution in [0.1, 0.15) is 26.2 Å². The fraction of sp³-hybridized carbons (Fsp3) is 0.316. The standard InChI is InChI=1S/C19H20N2OS3/c22-18(20-8-5-14-3-1-10-23-14)13-21-9-6-16-15(7-12-25-16)19(21)17-4-2-11-24-17/h1-4,7,10-12,19H,5-6,8-9,13H2,(H,20,22)/p+1/t19-/m1/s1. The normalized spacial score (nSPS) is 19.5. The Morgan fingerprint density at radius 2 is 2.00 bits per heavy atom. The number of carbonyl (C=O) groups excluding carboxylic acids is 1. The highest BCUT2D eigenvalue weighted by molar-refractivity contribution is 7.10. The lowest BCUT2D eigenvalue weighted by atomic mass is 9.98. The minimum Gasteiger partial charge on any atom is -0.351 e. The van der Waals surface area contributed by atoms with Crippen molar-refractivity contribution in [2.45, 2.75) is 18.9 Å². The maximum absolute atomic E-state index is 12.5. The van der Waals surface area contributed by atoms with E-state index in [1.165, 1.54) is 25.1 Å². The second kappa shape index (κ2) is 7.83. The van der Waals surface area contributed by atoms with Gasteiger partial charge in [-0.25, -0.2) is 0 Å². The van der Waals surface area contributed by atoms with E-state index in [-0.39, 0.29) is 5.91 Å². The van der Waals surface area contributed by atoms with Gasteiger partial charge < -0.3 is 10.2 Å². The summed E-state index contributed by atoms with van der Waals surface area (Å²) in [5.41, 5.74) is 1.42. The Balaban J connectivity index is 1.41. The van der Waals surface area contributed by atoms with Crippen LogP contribution in [0.2, 0.25) is 0 Å². The molecule has 130 valence electrons. The highest BCUT2D eigenvalue weighted by atomic mass is 32.1. The van der Waals surface area contributed by atoms with Crippen LogP contribution in [0.3, 0.4) is 0 Å². The van der Waals surface area contributed by atoms with Crippen LogP contribution in [0, 0.1) is 0 Å². The summed E-state index contributed by atoms with van der Waals surface area (Å²) in [7, 11) is 0. The predicted molar refractivity (Wildman–Crippen MR) is 106 cm³/mol. The van der Waals surface area contributed by atoms with Gasteiger partial charge in [-0.05, 0) is 40.8 Å². The van der Waals surface area contributed by atoms with Gasteiger partial charge >= 0.3 is 0 Å². The molecule has 0 spiro atoms. The molecule has 2 N–H and O–H groups in total. The minimum absolute atomic E-state index is 0.159. The lowest BCUT2D eigenvalue weighted by molar-refractivity contribution is -0.919. The van der Waals surface area contributed by atoms with Gasteiger partial charge in [0, 0.05) is 28.3 Å². The Labute approximate surface area is 159 Å². The Morgan fingerprint density at radius 3 is 2.80 bits per heavy atom. The van der Waals surface area contributed by atoms with Crippen molar-refractivity contribution >= 4 is 39.9 Å². The van der Waals surface area contributed by atoms with Gasteiger partial charge in [0.15, 0.2) is 6.54 Å². The molecular weight excluding hydrogens is 368 g/mol. The predicted octanol–water partition coefficient (Wildman–Crippen LogP) is 2.76. The molecule has 25 heavy (non-hydrogen) atoms. The molecule has 1 amide bonds. The molecule has 0 aromatic carbocycles. The van der Waals surface area contributed by atoms with E-state index in [0.29, 0.717) is 12.6 Å². The summed E-state index contributed by atoms with van der Waals surface area (Å²) in [6, 6.07) is 11.0. The van der Waals surface area contributed by atoms with Crippen molar-refractivity contribution < 1.29 is 9.69 Å². The molecule has 2 atom stereocenters. The van der Waals surface area contributed by atoms with E-state index in [0.717, 1.165) is 25.9 Å². The molecule has 3 aromatic heterocycles. The van der Waals surface area contributed by atoms with E-state index in [9.17, 15) is 4.79 Å². The van der Waals surface area contributed by atoms with Crippen molar-refractivity contribution in [3.63, 3.8) is 0 Å². The monoisotopic (exact) mass is 389 g/mol. The largest absolute Gasteiger partial charge is 0.351 e. The number of rotatable bonds is 6. The number of hydrogen-bond donors (Lipinski definition) is 2. The van der Waals surface area contributed by atoms with Crippen molar-refractivity contribution in [1.82, 2.24) is 5.32 Å². The fourth-order valence-corrected chi connectivity index (χ4v) is 6.03. The number of carbonyl (C=O) groups is 1. The molecule has 3 aromatic rings. The van der Waals surface area contributed by atoms with Gasteiger partial charge in [-0.1, -0.05) is 12.1 Å². The molecule has 0 saturated heterocycles. The third-order valence-corrected chi connectivity index (χ3v) is 7.53. The Hall–Kier alpha value is -1.47. The molecule has 4 rings (SSSR count). The van der Waals surface area contributed by atoms with Crippen LogP contribution in [0.25, 0.3) is 0 Å². The summed E-state index contributed by atoms with van der Waals surface area (Å²) >= 11 is 5.40. The summed E-state index contributed by atoms with van der Waals surface area (Å²) < 4.78 is 0. The van der Waals surface area contributed by atoms with Crippen LogP contribution < -0.4 is 10.2 Å². The maximum atomic E-state index is 12.5. The van der Waals surface area contributed by atoms with Crippen molar-refractivity contribution in [3.05, 3.63) is 66.7 Å². The van der Waals surface area contributed by atoms with Crippen molar-refractivity contribution in [1.29, 1.82) is 0 Å². The van der Waals surface area contributed by atoms with Gasteiger partial charge in [-0.15, -0.1) is 34.0 Å². The molecule has 0 saturated carbocycles. The molecule has 0 fully saturated rings. The molecule has 0 aliphatic carbocycles. The summed E-state index contributed by atoms with van der Waals surface area (Å²) in [6.07, 6.45) is 1.99. The van der Waals surface area contributed by atoms with Crippen molar-refractivity contribution in [2.24, 2.45) is 0 Å². The number of thiophene rings is 3. The average Bonchev–Trinajstić information content (AvgIpc) is 3.37. The van der Waals surface area contributed by atoms with Crippen LogP contribution in [-0.2, 0) is 17.6 Å². The highest BCUT2D eigenvalue weighted by Crippen LogP contribution is 2.31. The zero-order chi connectivity index (χ0) is 17.1. The summed E-state index contributed by atoms with van der Waals surface area (Å²) in [4.78, 5) is 18.0. The number of quaternary nitrogens is 1. The quantitative estimate of drug-likeness (QED) is 0.668. The first-order valence-corrected chi connectivity index (χ1v) is 11.2. The topological polar surface area (TPSA) is 33.5 Å². The molecule has 1 aliphatic heterocycles. The third kappa shape index (κ3) is 3.87. The third-order valence-electron chi connectivity index (χ3n) is 4.66. The number of amides is 1. The van der Waals surface area contributed by atoms with Gasteiger partial charge in [0.25, 0.3) is 5.91 Å². The van der Waals surface area contributed by atoms with E-state index in [1.54, 1.807) is 22.7 Å². The summed E-state index contributed by atoms with van der Waals surface area (Å²) in [6.45, 7) is 2.29. The maximum Gasteiger partial charge on any atom is 0.275 e. The fourth-order valence-electron chi connectivity index (χ4n) is 3.50. The van der Waals surface area contributed by atoms with Crippen LogP contribution in [0.4, 0.5) is 0 Å². The van der Waals surface area contributed by atoms with E-state index >= 15 is 0 Å². The zero-order valence-corrected chi connectivity index (χ0v) is 16.3. The molecular formula is C19H21N2OS3+. The highest BCUT2D eigenvalue weighted by Gasteiger charge is 2.34. The molecule has 6 heteroatoms. The van der Waals surface area contributed by atoms with Gasteiger partial charge in [-0.3, -0.25) is 4.79 Å². The van der Waals surface area contributed by atoms with Gasteiger partial charge in [-0.2, -0.15) is 0 Å². The summed E-state index contributed by atoms with van der Waals surface area (Å²) in [5.74, 6) is 0.159. The molecule has 4 heterocycles. The van der Waals surface area contributed by atoms with Crippen molar-refractivity contribution in [3.8, 4) is 0 Å². The van der Waals surface area contributed by atoms with Gasteiger partial charge in [0.05, 0.1) is 11.4 Å². The number of nitrogens with one attached hydrogen (secondary N) is 2. The smallest absolute Gasteiger partial charge is 0.275 e. The molecule has 0 bridgehead atoms. The lowest BCUT2D eigenvalue weighted by Crippen LogP contribution is -3.14.